The highest BCUT2D eigenvalue weighted by Crippen LogP contribution is 2.26. The zero-order valence-electron chi connectivity index (χ0n) is 8.39. The van der Waals surface area contributed by atoms with Crippen LogP contribution < -0.4 is 5.32 Å². The second kappa shape index (κ2) is 3.95. The van der Waals surface area contributed by atoms with Gasteiger partial charge in [0.2, 0.25) is 11.7 Å². The van der Waals surface area contributed by atoms with Crippen molar-refractivity contribution in [1.82, 2.24) is 15.5 Å². The van der Waals surface area contributed by atoms with Crippen molar-refractivity contribution in [2.24, 2.45) is 0 Å². The molecule has 0 spiro atoms. The molecule has 0 radical (unpaired) electrons. The third kappa shape index (κ3) is 1.74. The van der Waals surface area contributed by atoms with Gasteiger partial charge in [0.25, 0.3) is 0 Å². The lowest BCUT2D eigenvalue weighted by molar-refractivity contribution is 0.324. The SMILES string of the molecule is FC1CNC(c2nc(-c3ccsc3)no2)C1. The van der Waals surface area contributed by atoms with Crippen LogP contribution >= 0.6 is 11.3 Å². The molecule has 3 rings (SSSR count). The van der Waals surface area contributed by atoms with Gasteiger partial charge in [-0.15, -0.1) is 0 Å². The van der Waals surface area contributed by atoms with E-state index in [1.807, 2.05) is 16.8 Å². The molecule has 6 heteroatoms. The Bertz CT molecular complexity index is 470. The Morgan fingerprint density at radius 1 is 1.56 bits per heavy atom. The smallest absolute Gasteiger partial charge is 0.244 e. The number of nitrogens with one attached hydrogen (secondary N) is 1. The number of thiophene rings is 1. The number of rotatable bonds is 2. The van der Waals surface area contributed by atoms with Crippen LogP contribution in [0.4, 0.5) is 4.39 Å². The third-order valence-electron chi connectivity index (χ3n) is 2.60. The van der Waals surface area contributed by atoms with Gasteiger partial charge in [-0.05, 0) is 11.4 Å². The van der Waals surface area contributed by atoms with Crippen LogP contribution in [0.2, 0.25) is 0 Å². The van der Waals surface area contributed by atoms with Crippen LogP contribution in [0.3, 0.4) is 0 Å². The minimum Gasteiger partial charge on any atom is -0.337 e. The highest BCUT2D eigenvalue weighted by atomic mass is 32.1. The monoisotopic (exact) mass is 239 g/mol. The molecule has 2 aromatic rings. The van der Waals surface area contributed by atoms with E-state index in [1.54, 1.807) is 11.3 Å². The van der Waals surface area contributed by atoms with Gasteiger partial charge in [-0.3, -0.25) is 0 Å². The number of hydrogen-bond acceptors (Lipinski definition) is 5. The molecular weight excluding hydrogens is 229 g/mol. The molecule has 1 saturated heterocycles. The van der Waals surface area contributed by atoms with Crippen LogP contribution in [0, 0.1) is 0 Å². The van der Waals surface area contributed by atoms with E-state index in [9.17, 15) is 4.39 Å². The molecule has 3 heterocycles. The molecule has 0 saturated carbocycles. The van der Waals surface area contributed by atoms with E-state index in [4.69, 9.17) is 4.52 Å². The largest absolute Gasteiger partial charge is 0.337 e. The maximum absolute atomic E-state index is 13.0. The molecule has 2 unspecified atom stereocenters. The quantitative estimate of drug-likeness (QED) is 0.872. The van der Waals surface area contributed by atoms with Crippen molar-refractivity contribution in [3.05, 3.63) is 22.7 Å². The average Bonchev–Trinajstić information content (AvgIpc) is 2.97. The summed E-state index contributed by atoms with van der Waals surface area (Å²) in [6.45, 7) is 0.362. The Morgan fingerprint density at radius 2 is 2.50 bits per heavy atom. The van der Waals surface area contributed by atoms with E-state index >= 15 is 0 Å². The predicted octanol–water partition coefficient (Wildman–Crippen LogP) is 2.17. The van der Waals surface area contributed by atoms with Crippen molar-refractivity contribution >= 4 is 11.3 Å². The van der Waals surface area contributed by atoms with Crippen molar-refractivity contribution in [3.8, 4) is 11.4 Å². The molecular formula is C10H10FN3OS. The lowest BCUT2D eigenvalue weighted by Gasteiger charge is -2.00. The van der Waals surface area contributed by atoms with Crippen LogP contribution in [-0.4, -0.2) is 22.9 Å². The molecule has 0 aliphatic carbocycles. The van der Waals surface area contributed by atoms with Crippen molar-refractivity contribution in [1.29, 1.82) is 0 Å². The Kier molecular flexibility index (Phi) is 2.45. The summed E-state index contributed by atoms with van der Waals surface area (Å²) in [6.07, 6.45) is -0.410. The van der Waals surface area contributed by atoms with Crippen molar-refractivity contribution in [3.63, 3.8) is 0 Å². The Balaban J connectivity index is 1.83. The molecule has 0 aromatic carbocycles. The fourth-order valence-corrected chi connectivity index (χ4v) is 2.40. The summed E-state index contributed by atoms with van der Waals surface area (Å²) in [4.78, 5) is 4.27. The highest BCUT2D eigenvalue weighted by molar-refractivity contribution is 7.08. The van der Waals surface area contributed by atoms with Crippen LogP contribution in [0.25, 0.3) is 11.4 Å². The maximum atomic E-state index is 13.0. The van der Waals surface area contributed by atoms with E-state index in [1.165, 1.54) is 0 Å². The van der Waals surface area contributed by atoms with Gasteiger partial charge in [-0.25, -0.2) is 4.39 Å². The van der Waals surface area contributed by atoms with E-state index in [0.717, 1.165) is 5.56 Å². The lowest BCUT2D eigenvalue weighted by atomic mass is 10.2. The second-order valence-electron chi connectivity index (χ2n) is 3.76. The van der Waals surface area contributed by atoms with Gasteiger partial charge in [-0.1, -0.05) is 5.16 Å². The summed E-state index contributed by atoms with van der Waals surface area (Å²) >= 11 is 1.58. The molecule has 1 fully saturated rings. The zero-order valence-corrected chi connectivity index (χ0v) is 9.21. The van der Waals surface area contributed by atoms with E-state index in [2.05, 4.69) is 15.5 Å². The summed E-state index contributed by atoms with van der Waals surface area (Å²) in [5.41, 5.74) is 0.940. The molecule has 1 N–H and O–H groups in total. The van der Waals surface area contributed by atoms with Gasteiger partial charge >= 0.3 is 0 Å². The summed E-state index contributed by atoms with van der Waals surface area (Å²) < 4.78 is 18.1. The minimum absolute atomic E-state index is 0.144. The van der Waals surface area contributed by atoms with Gasteiger partial charge in [0.15, 0.2) is 0 Å². The summed E-state index contributed by atoms with van der Waals surface area (Å²) in [7, 11) is 0. The number of alkyl halides is 1. The van der Waals surface area contributed by atoms with Gasteiger partial charge in [0.05, 0.1) is 6.04 Å². The molecule has 2 aromatic heterocycles. The predicted molar refractivity (Wildman–Crippen MR) is 57.9 cm³/mol. The Hall–Kier alpha value is -1.27. The lowest BCUT2D eigenvalue weighted by Crippen LogP contribution is -2.14. The first-order valence-corrected chi connectivity index (χ1v) is 6.01. The fraction of sp³-hybridized carbons (Fsp3) is 0.400. The molecule has 1 aliphatic rings. The average molecular weight is 239 g/mol. The molecule has 4 nitrogen and oxygen atoms in total. The van der Waals surface area contributed by atoms with Crippen molar-refractivity contribution < 1.29 is 8.91 Å². The van der Waals surface area contributed by atoms with Crippen LogP contribution in [0.5, 0.6) is 0 Å². The first-order valence-electron chi connectivity index (χ1n) is 5.06. The minimum atomic E-state index is -0.818. The first-order chi connectivity index (χ1) is 7.83. The number of aromatic nitrogens is 2. The van der Waals surface area contributed by atoms with E-state index in [-0.39, 0.29) is 6.04 Å². The molecule has 2 atom stereocenters. The molecule has 0 bridgehead atoms. The topological polar surface area (TPSA) is 51.0 Å². The van der Waals surface area contributed by atoms with Gasteiger partial charge in [0.1, 0.15) is 6.17 Å². The van der Waals surface area contributed by atoms with Crippen LogP contribution in [0.1, 0.15) is 18.4 Å². The van der Waals surface area contributed by atoms with Crippen LogP contribution in [0.15, 0.2) is 21.3 Å². The van der Waals surface area contributed by atoms with E-state index < -0.39 is 6.17 Å². The second-order valence-corrected chi connectivity index (χ2v) is 4.54. The van der Waals surface area contributed by atoms with E-state index in [0.29, 0.717) is 24.7 Å². The number of nitrogens with zero attached hydrogens (tertiary/aromatic N) is 2. The molecule has 84 valence electrons. The number of halogens is 1. The summed E-state index contributed by atoms with van der Waals surface area (Å²) in [6, 6.07) is 1.79. The molecule has 0 amide bonds. The fourth-order valence-electron chi connectivity index (χ4n) is 1.77. The number of hydrogen-bond donors (Lipinski definition) is 1. The molecule has 16 heavy (non-hydrogen) atoms. The molecule has 1 aliphatic heterocycles. The highest BCUT2D eigenvalue weighted by Gasteiger charge is 2.29. The van der Waals surface area contributed by atoms with Crippen molar-refractivity contribution in [2.45, 2.75) is 18.6 Å². The summed E-state index contributed by atoms with van der Waals surface area (Å²) in [5, 5.41) is 10.8. The van der Waals surface area contributed by atoms with Gasteiger partial charge in [-0.2, -0.15) is 16.3 Å². The Morgan fingerprint density at radius 3 is 3.19 bits per heavy atom. The van der Waals surface area contributed by atoms with Gasteiger partial charge in [0, 0.05) is 23.9 Å². The Labute approximate surface area is 95.5 Å². The standard InChI is InChI=1S/C10H10FN3OS/c11-7-3-8(12-4-7)10-13-9(14-15-10)6-1-2-16-5-6/h1-2,5,7-8,12H,3-4H2. The third-order valence-corrected chi connectivity index (χ3v) is 3.28. The summed E-state index contributed by atoms with van der Waals surface area (Å²) in [5.74, 6) is 1.04. The van der Waals surface area contributed by atoms with Crippen LogP contribution in [-0.2, 0) is 0 Å². The normalized spacial score (nSPS) is 25.1. The maximum Gasteiger partial charge on any atom is 0.244 e. The first kappa shape index (κ1) is 9.92. The van der Waals surface area contributed by atoms with Crippen molar-refractivity contribution in [2.75, 3.05) is 6.54 Å². The zero-order chi connectivity index (χ0) is 11.0. The van der Waals surface area contributed by atoms with Gasteiger partial charge < -0.3 is 9.84 Å².